The van der Waals surface area contributed by atoms with Gasteiger partial charge >= 0.3 is 7.82 Å². The predicted octanol–water partition coefficient (Wildman–Crippen LogP) is 4.60. The second-order valence-corrected chi connectivity index (χ2v) is 8.85. The maximum absolute atomic E-state index is 11.7. The number of phosphoric acid groups is 1. The lowest BCUT2D eigenvalue weighted by Gasteiger charge is -2.15. The number of rotatable bonds is 7. The topological polar surface area (TPSA) is 63.2 Å². The summed E-state index contributed by atoms with van der Waals surface area (Å²) in [5.41, 5.74) is 0. The van der Waals surface area contributed by atoms with Gasteiger partial charge in [-0.25, -0.2) is 14.3 Å². The molecule has 0 saturated carbocycles. The molecule has 0 aliphatic carbocycles. The molecule has 0 rings (SSSR count). The molecule has 0 heterocycles. The highest BCUT2D eigenvalue weighted by molar-refractivity contribution is 9.28. The Labute approximate surface area is 129 Å². The van der Waals surface area contributed by atoms with E-state index in [0.717, 1.165) is 13.4 Å². The molecule has 0 fully saturated rings. The van der Waals surface area contributed by atoms with Gasteiger partial charge in [0.1, 0.15) is 12.9 Å². The predicted molar refractivity (Wildman–Crippen MR) is 70.0 cm³/mol. The minimum absolute atomic E-state index is 0.343. The lowest BCUT2D eigenvalue weighted by atomic mass is 10.8. The Kier molecular flexibility index (Phi) is 9.31. The second-order valence-electron chi connectivity index (χ2n) is 2.15. The first-order valence-electron chi connectivity index (χ1n) is 3.58. The van der Waals surface area contributed by atoms with Crippen LogP contribution in [0.25, 0.3) is 0 Å². The Morgan fingerprint density at radius 2 is 1.94 bits per heavy atom. The summed E-state index contributed by atoms with van der Waals surface area (Å²) in [6.07, 6.45) is 0.985. The molecule has 0 bridgehead atoms. The highest BCUT2D eigenvalue weighted by Crippen LogP contribution is 2.51. The molecule has 0 aromatic heterocycles. The van der Waals surface area contributed by atoms with Crippen LogP contribution in [0, 0.1) is 0 Å². The van der Waals surface area contributed by atoms with Gasteiger partial charge in [-0.15, -0.1) is 9.35 Å². The van der Waals surface area contributed by atoms with Crippen LogP contribution in [-0.2, 0) is 28.2 Å². The fraction of sp³-hybridized carbons (Fsp3) is 0.600. The summed E-state index contributed by atoms with van der Waals surface area (Å²) in [4.78, 5) is 8.57. The number of alkyl halides is 3. The van der Waals surface area contributed by atoms with Crippen LogP contribution in [0.4, 0.5) is 0 Å². The SMILES string of the molecule is COOP(=O)(OC=C(Br)Br)OOCC(Cl)(Cl)Cl. The van der Waals surface area contributed by atoms with Gasteiger partial charge in [-0.05, 0) is 31.9 Å². The van der Waals surface area contributed by atoms with E-state index >= 15 is 0 Å². The third-order valence-corrected chi connectivity index (χ3v) is 2.49. The van der Waals surface area contributed by atoms with Crippen molar-refractivity contribution >= 4 is 74.5 Å². The quantitative estimate of drug-likeness (QED) is 0.182. The smallest absolute Gasteiger partial charge is 0.407 e. The van der Waals surface area contributed by atoms with Gasteiger partial charge in [-0.3, -0.25) is 0 Å². The van der Waals surface area contributed by atoms with E-state index in [4.69, 9.17) is 34.8 Å². The van der Waals surface area contributed by atoms with Gasteiger partial charge in [0.15, 0.2) is 0 Å². The minimum Gasteiger partial charge on any atom is -0.407 e. The summed E-state index contributed by atoms with van der Waals surface area (Å²) in [5, 5.41) is 0. The number of hydrogen-bond donors (Lipinski definition) is 0. The first-order valence-corrected chi connectivity index (χ1v) is 7.76. The molecule has 0 aliphatic heterocycles. The van der Waals surface area contributed by atoms with Crippen LogP contribution in [0.3, 0.4) is 0 Å². The van der Waals surface area contributed by atoms with Crippen molar-refractivity contribution in [2.24, 2.45) is 0 Å². The molecule has 0 radical (unpaired) electrons. The number of hydrogen-bond acceptors (Lipinski definition) is 6. The summed E-state index contributed by atoms with van der Waals surface area (Å²) in [5.74, 6) is 0. The van der Waals surface area contributed by atoms with E-state index < -0.39 is 18.2 Å². The Morgan fingerprint density at radius 3 is 2.35 bits per heavy atom. The Balaban J connectivity index is 4.31. The van der Waals surface area contributed by atoms with E-state index in [1.165, 1.54) is 0 Å². The lowest BCUT2D eigenvalue weighted by molar-refractivity contribution is -0.268. The molecule has 102 valence electrons. The fourth-order valence-electron chi connectivity index (χ4n) is 0.401. The van der Waals surface area contributed by atoms with Crippen molar-refractivity contribution in [2.75, 3.05) is 13.7 Å². The summed E-state index contributed by atoms with van der Waals surface area (Å²) in [6.45, 7) is -0.489. The van der Waals surface area contributed by atoms with Crippen molar-refractivity contribution in [3.05, 3.63) is 9.65 Å². The van der Waals surface area contributed by atoms with Crippen LogP contribution in [0.5, 0.6) is 0 Å². The van der Waals surface area contributed by atoms with Gasteiger partial charge in [0.05, 0.1) is 10.5 Å². The Bertz CT molecular complexity index is 305. The Morgan fingerprint density at radius 1 is 1.35 bits per heavy atom. The second kappa shape index (κ2) is 8.58. The van der Waals surface area contributed by atoms with Crippen molar-refractivity contribution < 1.29 is 28.2 Å². The first kappa shape index (κ1) is 18.4. The van der Waals surface area contributed by atoms with Crippen LogP contribution in [-0.4, -0.2) is 17.5 Å². The van der Waals surface area contributed by atoms with Gasteiger partial charge in [0.2, 0.25) is 3.79 Å². The van der Waals surface area contributed by atoms with Crippen LogP contribution in [0.15, 0.2) is 9.65 Å². The summed E-state index contributed by atoms with van der Waals surface area (Å²) in [7, 11) is -3.02. The van der Waals surface area contributed by atoms with Crippen LogP contribution >= 0.6 is 74.5 Å². The highest BCUT2D eigenvalue weighted by Gasteiger charge is 2.32. The molecule has 1 atom stereocenters. The van der Waals surface area contributed by atoms with E-state index in [-0.39, 0.29) is 0 Å². The lowest BCUT2D eigenvalue weighted by Crippen LogP contribution is -2.13. The largest absolute Gasteiger partial charge is 0.585 e. The van der Waals surface area contributed by atoms with Crippen LogP contribution < -0.4 is 0 Å². The maximum Gasteiger partial charge on any atom is 0.585 e. The maximum atomic E-state index is 11.7. The minimum atomic E-state index is -4.12. The summed E-state index contributed by atoms with van der Waals surface area (Å²) in [6, 6.07) is 0. The van der Waals surface area contributed by atoms with Gasteiger partial charge in [0.25, 0.3) is 0 Å². The van der Waals surface area contributed by atoms with E-state index in [1.807, 2.05) is 0 Å². The molecule has 12 heteroatoms. The molecule has 0 aromatic rings. The molecule has 1 unspecified atom stereocenters. The van der Waals surface area contributed by atoms with Gasteiger partial charge in [0, 0.05) is 0 Å². The average molecular weight is 459 g/mol. The van der Waals surface area contributed by atoms with Crippen LogP contribution in [0.2, 0.25) is 0 Å². The molecule has 17 heavy (non-hydrogen) atoms. The zero-order valence-electron chi connectivity index (χ0n) is 8.07. The average Bonchev–Trinajstić information content (AvgIpc) is 2.13. The zero-order chi connectivity index (χ0) is 13.5. The van der Waals surface area contributed by atoms with Crippen molar-refractivity contribution in [1.82, 2.24) is 0 Å². The van der Waals surface area contributed by atoms with E-state index in [1.54, 1.807) is 0 Å². The van der Waals surface area contributed by atoms with Crippen molar-refractivity contribution in [3.8, 4) is 0 Å². The van der Waals surface area contributed by atoms with E-state index in [9.17, 15) is 4.57 Å². The monoisotopic (exact) mass is 456 g/mol. The molecular formula is C5H6Br2Cl3O6P. The molecule has 0 aliphatic rings. The molecular weight excluding hydrogens is 453 g/mol. The molecule has 0 N–H and O–H groups in total. The fourth-order valence-corrected chi connectivity index (χ4v) is 1.70. The first-order chi connectivity index (χ1) is 7.68. The molecule has 0 amide bonds. The standard InChI is InChI=1S/C5H6Br2Cl3O6P/c1-12-15-17(11,14-2-4(6)7)16-13-3-5(8,9)10/h2H,3H2,1H3. The summed E-state index contributed by atoms with van der Waals surface area (Å²) < 4.78 is 23.5. The van der Waals surface area contributed by atoms with Crippen molar-refractivity contribution in [2.45, 2.75) is 3.79 Å². The third-order valence-electron chi connectivity index (χ3n) is 0.803. The highest BCUT2D eigenvalue weighted by atomic mass is 79.9. The zero-order valence-corrected chi connectivity index (χ0v) is 14.4. The third kappa shape index (κ3) is 11.0. The number of halogens is 5. The van der Waals surface area contributed by atoms with Gasteiger partial charge in [-0.2, -0.15) is 0 Å². The normalized spacial score (nSPS) is 15.2. The van der Waals surface area contributed by atoms with E-state index in [0.29, 0.717) is 3.39 Å². The van der Waals surface area contributed by atoms with Crippen molar-refractivity contribution in [3.63, 3.8) is 0 Å². The Hall–Kier alpha value is 1.44. The van der Waals surface area contributed by atoms with Gasteiger partial charge in [-0.1, -0.05) is 34.8 Å². The van der Waals surface area contributed by atoms with Gasteiger partial charge < -0.3 is 4.52 Å². The molecule has 0 saturated heterocycles. The summed E-state index contributed by atoms with van der Waals surface area (Å²) >= 11 is 22.0. The molecule has 0 spiro atoms. The molecule has 0 aromatic carbocycles. The van der Waals surface area contributed by atoms with Crippen molar-refractivity contribution in [1.29, 1.82) is 0 Å². The van der Waals surface area contributed by atoms with Crippen LogP contribution in [0.1, 0.15) is 0 Å². The molecule has 6 nitrogen and oxygen atoms in total. The van der Waals surface area contributed by atoms with E-state index in [2.05, 4.69) is 55.5 Å².